The molecule has 2 aromatic rings. The Kier molecular flexibility index (Phi) is 4.47. The molecular formula is C19H22N4O4. The highest BCUT2D eigenvalue weighted by Crippen LogP contribution is 2.22. The van der Waals surface area contributed by atoms with Crippen LogP contribution in [0.2, 0.25) is 0 Å². The number of urea groups is 2. The van der Waals surface area contributed by atoms with Crippen molar-refractivity contribution >= 4 is 28.7 Å². The normalized spacial score (nSPS) is 20.0. The first kappa shape index (κ1) is 17.4. The molecule has 8 heteroatoms. The Hall–Kier alpha value is -3.03. The van der Waals surface area contributed by atoms with E-state index in [2.05, 4.69) is 10.6 Å². The first-order chi connectivity index (χ1) is 13.0. The van der Waals surface area contributed by atoms with Crippen molar-refractivity contribution in [1.82, 2.24) is 15.1 Å². The number of fused-ring (bicyclic) bond motifs is 1. The van der Waals surface area contributed by atoms with E-state index in [0.29, 0.717) is 37.4 Å². The molecule has 4 amide bonds. The van der Waals surface area contributed by atoms with Gasteiger partial charge in [-0.3, -0.25) is 0 Å². The molecule has 2 N–H and O–H groups in total. The molecule has 8 nitrogen and oxygen atoms in total. The molecule has 3 heterocycles. The standard InChI is InChI=1S/C19H22N4O4/c1-12-9-17(24)27-16-10-13(4-5-15(12)16)21-19(26)22-7-2-3-14(11-22)23-8-6-20-18(23)25/h4-5,9-10,14H,2-3,6-8,11H2,1H3,(H,20,25)(H,21,26). The number of benzene rings is 1. The lowest BCUT2D eigenvalue weighted by atomic mass is 10.0. The highest BCUT2D eigenvalue weighted by Gasteiger charge is 2.32. The minimum Gasteiger partial charge on any atom is -0.423 e. The lowest BCUT2D eigenvalue weighted by Gasteiger charge is -2.36. The number of likely N-dealkylation sites (tertiary alicyclic amines) is 1. The van der Waals surface area contributed by atoms with Crippen molar-refractivity contribution in [2.45, 2.75) is 25.8 Å². The van der Waals surface area contributed by atoms with Crippen molar-refractivity contribution in [3.8, 4) is 0 Å². The number of carbonyl (C=O) groups excluding carboxylic acids is 2. The van der Waals surface area contributed by atoms with Crippen molar-refractivity contribution in [2.24, 2.45) is 0 Å². The second kappa shape index (κ2) is 6.94. The molecule has 1 aromatic carbocycles. The number of carbonyl (C=O) groups is 2. The van der Waals surface area contributed by atoms with E-state index < -0.39 is 5.63 Å². The third-order valence-electron chi connectivity index (χ3n) is 5.22. The first-order valence-electron chi connectivity index (χ1n) is 9.16. The van der Waals surface area contributed by atoms with E-state index in [1.807, 2.05) is 17.9 Å². The lowest BCUT2D eigenvalue weighted by Crippen LogP contribution is -2.51. The van der Waals surface area contributed by atoms with Gasteiger partial charge in [0.25, 0.3) is 0 Å². The molecule has 27 heavy (non-hydrogen) atoms. The van der Waals surface area contributed by atoms with Crippen LogP contribution in [0.15, 0.2) is 33.5 Å². The van der Waals surface area contributed by atoms with Gasteiger partial charge in [-0.15, -0.1) is 0 Å². The average molecular weight is 370 g/mol. The van der Waals surface area contributed by atoms with Gasteiger partial charge in [0.15, 0.2) is 0 Å². The molecule has 0 aliphatic carbocycles. The Morgan fingerprint density at radius 2 is 2.11 bits per heavy atom. The summed E-state index contributed by atoms with van der Waals surface area (Å²) >= 11 is 0. The smallest absolute Gasteiger partial charge is 0.336 e. The van der Waals surface area contributed by atoms with Gasteiger partial charge in [0.1, 0.15) is 5.58 Å². The van der Waals surface area contributed by atoms with Gasteiger partial charge >= 0.3 is 17.7 Å². The second-order valence-electron chi connectivity index (χ2n) is 7.06. The van der Waals surface area contributed by atoms with Gasteiger partial charge in [0.05, 0.1) is 6.04 Å². The van der Waals surface area contributed by atoms with Gasteiger partial charge in [0, 0.05) is 49.4 Å². The monoisotopic (exact) mass is 370 g/mol. The Labute approximate surface area is 156 Å². The molecule has 0 spiro atoms. The fourth-order valence-electron chi connectivity index (χ4n) is 3.83. The third-order valence-corrected chi connectivity index (χ3v) is 5.22. The Balaban J connectivity index is 1.47. The van der Waals surface area contributed by atoms with Gasteiger partial charge in [0.2, 0.25) is 0 Å². The molecule has 1 aromatic heterocycles. The first-order valence-corrected chi connectivity index (χ1v) is 9.16. The van der Waals surface area contributed by atoms with Crippen LogP contribution in [0.25, 0.3) is 11.0 Å². The predicted molar refractivity (Wildman–Crippen MR) is 101 cm³/mol. The predicted octanol–water partition coefficient (Wildman–Crippen LogP) is 2.12. The topological polar surface area (TPSA) is 94.9 Å². The summed E-state index contributed by atoms with van der Waals surface area (Å²) in [5.74, 6) is 0. The van der Waals surface area contributed by atoms with Gasteiger partial charge in [-0.1, -0.05) is 0 Å². The SMILES string of the molecule is Cc1cc(=O)oc2cc(NC(=O)N3CCCC(N4CCNC4=O)C3)ccc12. The zero-order valence-electron chi connectivity index (χ0n) is 15.2. The van der Waals surface area contributed by atoms with E-state index in [9.17, 15) is 14.4 Å². The zero-order chi connectivity index (χ0) is 19.0. The van der Waals surface area contributed by atoms with Crippen LogP contribution in [0.4, 0.5) is 15.3 Å². The number of nitrogens with zero attached hydrogens (tertiary/aromatic N) is 2. The molecule has 1 atom stereocenters. The van der Waals surface area contributed by atoms with Crippen molar-refractivity contribution in [3.63, 3.8) is 0 Å². The number of nitrogens with one attached hydrogen (secondary N) is 2. The highest BCUT2D eigenvalue weighted by molar-refractivity contribution is 5.92. The summed E-state index contributed by atoms with van der Waals surface area (Å²) in [5, 5.41) is 6.52. The summed E-state index contributed by atoms with van der Waals surface area (Å²) < 4.78 is 5.23. The van der Waals surface area contributed by atoms with Crippen LogP contribution in [0.1, 0.15) is 18.4 Å². The van der Waals surface area contributed by atoms with E-state index in [4.69, 9.17) is 4.42 Å². The summed E-state index contributed by atoms with van der Waals surface area (Å²) in [7, 11) is 0. The number of amides is 4. The summed E-state index contributed by atoms with van der Waals surface area (Å²) in [6.07, 6.45) is 1.76. The van der Waals surface area contributed by atoms with Crippen molar-refractivity contribution in [1.29, 1.82) is 0 Å². The molecule has 2 aliphatic heterocycles. The Morgan fingerprint density at radius 1 is 1.26 bits per heavy atom. The summed E-state index contributed by atoms with van der Waals surface area (Å²) in [6, 6.07) is 6.51. The molecule has 142 valence electrons. The number of piperidine rings is 1. The lowest BCUT2D eigenvalue weighted by molar-refractivity contribution is 0.139. The summed E-state index contributed by atoms with van der Waals surface area (Å²) in [5.41, 5.74) is 1.44. The van der Waals surface area contributed by atoms with Crippen LogP contribution < -0.4 is 16.3 Å². The quantitative estimate of drug-likeness (QED) is 0.792. The molecule has 0 bridgehead atoms. The van der Waals surface area contributed by atoms with Gasteiger partial charge in [-0.2, -0.15) is 0 Å². The van der Waals surface area contributed by atoms with Crippen LogP contribution in [0.3, 0.4) is 0 Å². The number of anilines is 1. The average Bonchev–Trinajstić information content (AvgIpc) is 3.07. The molecule has 2 saturated heterocycles. The molecular weight excluding hydrogens is 348 g/mol. The number of hydrogen-bond acceptors (Lipinski definition) is 4. The van der Waals surface area contributed by atoms with E-state index >= 15 is 0 Å². The van der Waals surface area contributed by atoms with Crippen LogP contribution in [0.5, 0.6) is 0 Å². The molecule has 1 unspecified atom stereocenters. The fourth-order valence-corrected chi connectivity index (χ4v) is 3.83. The molecule has 4 rings (SSSR count). The number of aryl methyl sites for hydroxylation is 1. The number of hydrogen-bond donors (Lipinski definition) is 2. The summed E-state index contributed by atoms with van der Waals surface area (Å²) in [4.78, 5) is 39.7. The minimum absolute atomic E-state index is 0.0456. The van der Waals surface area contributed by atoms with Crippen molar-refractivity contribution in [3.05, 3.63) is 40.2 Å². The maximum Gasteiger partial charge on any atom is 0.336 e. The molecule has 0 saturated carbocycles. The van der Waals surface area contributed by atoms with Crippen LogP contribution in [0, 0.1) is 6.92 Å². The fraction of sp³-hybridized carbons (Fsp3) is 0.421. The molecule has 0 radical (unpaired) electrons. The zero-order valence-corrected chi connectivity index (χ0v) is 15.2. The third kappa shape index (κ3) is 3.47. The minimum atomic E-state index is -0.411. The summed E-state index contributed by atoms with van der Waals surface area (Å²) in [6.45, 7) is 4.35. The van der Waals surface area contributed by atoms with Crippen LogP contribution in [-0.2, 0) is 0 Å². The second-order valence-corrected chi connectivity index (χ2v) is 7.06. The Morgan fingerprint density at radius 3 is 2.89 bits per heavy atom. The largest absolute Gasteiger partial charge is 0.423 e. The van der Waals surface area contributed by atoms with E-state index in [1.54, 1.807) is 17.0 Å². The molecule has 2 aliphatic rings. The maximum absolute atomic E-state index is 12.7. The van der Waals surface area contributed by atoms with Gasteiger partial charge < -0.3 is 24.9 Å². The van der Waals surface area contributed by atoms with Crippen molar-refractivity contribution < 1.29 is 14.0 Å². The Bertz CT molecular complexity index is 954. The van der Waals surface area contributed by atoms with E-state index in [0.717, 1.165) is 23.8 Å². The van der Waals surface area contributed by atoms with Crippen LogP contribution in [-0.4, -0.2) is 54.1 Å². The van der Waals surface area contributed by atoms with Crippen molar-refractivity contribution in [2.75, 3.05) is 31.5 Å². The van der Waals surface area contributed by atoms with Crippen LogP contribution >= 0.6 is 0 Å². The van der Waals surface area contributed by atoms with E-state index in [1.165, 1.54) is 6.07 Å². The van der Waals surface area contributed by atoms with Gasteiger partial charge in [-0.05, 0) is 37.5 Å². The maximum atomic E-state index is 12.7. The molecule has 2 fully saturated rings. The van der Waals surface area contributed by atoms with Gasteiger partial charge in [-0.25, -0.2) is 14.4 Å². The number of rotatable bonds is 2. The van der Waals surface area contributed by atoms with E-state index in [-0.39, 0.29) is 18.1 Å². The highest BCUT2D eigenvalue weighted by atomic mass is 16.4.